The topological polar surface area (TPSA) is 23.8 Å². The van der Waals surface area contributed by atoms with Crippen LogP contribution in [0.4, 0.5) is 8.78 Å². The minimum atomic E-state index is -0.806. The summed E-state index contributed by atoms with van der Waals surface area (Å²) in [7, 11) is 0. The molecule has 184 valence electrons. The van der Waals surface area contributed by atoms with Crippen LogP contribution in [0.25, 0.3) is 11.1 Å². The van der Waals surface area contributed by atoms with E-state index in [9.17, 15) is 8.78 Å². The van der Waals surface area contributed by atoms with Gasteiger partial charge in [-0.15, -0.1) is 0 Å². The van der Waals surface area contributed by atoms with E-state index in [0.29, 0.717) is 5.56 Å². The second-order valence-corrected chi connectivity index (χ2v) is 10.3. The fraction of sp³-hybridized carbons (Fsp3) is 0.581. The van der Waals surface area contributed by atoms with Crippen LogP contribution in [0.2, 0.25) is 0 Å². The third kappa shape index (κ3) is 8.23. The number of hydrogen-bond acceptors (Lipinski definition) is 1. The van der Waals surface area contributed by atoms with Gasteiger partial charge in [-0.2, -0.15) is 5.26 Å². The van der Waals surface area contributed by atoms with Crippen molar-refractivity contribution in [3.05, 3.63) is 59.2 Å². The Kier molecular flexibility index (Phi) is 11.1. The van der Waals surface area contributed by atoms with Crippen LogP contribution in [0, 0.1) is 34.8 Å². The van der Waals surface area contributed by atoms with Crippen molar-refractivity contribution < 1.29 is 8.78 Å². The summed E-state index contributed by atoms with van der Waals surface area (Å²) in [4.78, 5) is 0. The van der Waals surface area contributed by atoms with Crippen molar-refractivity contribution in [2.45, 2.75) is 103 Å². The highest BCUT2D eigenvalue weighted by atomic mass is 19.1. The Hall–Kier alpha value is -2.21. The molecule has 0 N–H and O–H groups in total. The summed E-state index contributed by atoms with van der Waals surface area (Å²) in [5.41, 5.74) is 2.00. The quantitative estimate of drug-likeness (QED) is 0.270. The molecular weight excluding hydrogens is 424 g/mol. The third-order valence-electron chi connectivity index (χ3n) is 7.71. The number of hydrogen-bond donors (Lipinski definition) is 0. The van der Waals surface area contributed by atoms with Gasteiger partial charge in [-0.05, 0) is 53.5 Å². The molecule has 0 amide bonds. The fourth-order valence-corrected chi connectivity index (χ4v) is 5.46. The second-order valence-electron chi connectivity index (χ2n) is 10.3. The average Bonchev–Trinajstić information content (AvgIpc) is 2.85. The molecule has 1 aliphatic rings. The molecule has 0 saturated heterocycles. The normalized spacial score (nSPS) is 18.1. The van der Waals surface area contributed by atoms with E-state index in [1.165, 1.54) is 108 Å². The van der Waals surface area contributed by atoms with Gasteiger partial charge in [0, 0.05) is 0 Å². The van der Waals surface area contributed by atoms with Crippen LogP contribution in [0.5, 0.6) is 0 Å². The van der Waals surface area contributed by atoms with Gasteiger partial charge in [0.2, 0.25) is 0 Å². The molecule has 34 heavy (non-hydrogen) atoms. The predicted octanol–water partition coefficient (Wildman–Crippen LogP) is 9.77. The summed E-state index contributed by atoms with van der Waals surface area (Å²) < 4.78 is 27.8. The molecule has 2 aromatic rings. The maximum Gasteiger partial charge on any atom is 0.144 e. The number of unbranched alkanes of at least 4 members (excludes halogenated alkanes) is 7. The zero-order valence-electron chi connectivity index (χ0n) is 20.9. The SMILES string of the molecule is CCCCCCCCCC[C@H]1CC[C@H](CCc2ccc(-c3cc(F)c(C#N)c(F)c3)cc2)CC1. The Morgan fingerprint density at radius 1 is 0.735 bits per heavy atom. The molecule has 0 aromatic heterocycles. The predicted molar refractivity (Wildman–Crippen MR) is 138 cm³/mol. The molecule has 1 saturated carbocycles. The Balaban J connectivity index is 1.34. The maximum absolute atomic E-state index is 13.9. The van der Waals surface area contributed by atoms with Crippen molar-refractivity contribution >= 4 is 0 Å². The number of benzene rings is 2. The minimum Gasteiger partial charge on any atom is -0.205 e. The molecule has 1 aliphatic carbocycles. The molecule has 0 atom stereocenters. The largest absolute Gasteiger partial charge is 0.205 e. The van der Waals surface area contributed by atoms with Crippen molar-refractivity contribution in [3.8, 4) is 17.2 Å². The van der Waals surface area contributed by atoms with Gasteiger partial charge >= 0.3 is 0 Å². The third-order valence-corrected chi connectivity index (χ3v) is 7.71. The first-order chi connectivity index (χ1) is 16.6. The minimum absolute atomic E-state index is 0.468. The smallest absolute Gasteiger partial charge is 0.144 e. The van der Waals surface area contributed by atoms with Gasteiger partial charge in [0.25, 0.3) is 0 Å². The average molecular weight is 466 g/mol. The van der Waals surface area contributed by atoms with Gasteiger partial charge in [-0.3, -0.25) is 0 Å². The van der Waals surface area contributed by atoms with Crippen LogP contribution >= 0.6 is 0 Å². The van der Waals surface area contributed by atoms with E-state index >= 15 is 0 Å². The lowest BCUT2D eigenvalue weighted by molar-refractivity contribution is 0.248. The summed E-state index contributed by atoms with van der Waals surface area (Å²) in [6.45, 7) is 2.28. The van der Waals surface area contributed by atoms with Gasteiger partial charge in [0.15, 0.2) is 0 Å². The number of aryl methyl sites for hydroxylation is 1. The lowest BCUT2D eigenvalue weighted by Crippen LogP contribution is -2.15. The molecule has 0 radical (unpaired) electrons. The summed E-state index contributed by atoms with van der Waals surface area (Å²) in [5.74, 6) is 0.166. The summed E-state index contributed by atoms with van der Waals surface area (Å²) in [5, 5.41) is 8.84. The first kappa shape index (κ1) is 26.4. The van der Waals surface area contributed by atoms with Crippen molar-refractivity contribution in [1.82, 2.24) is 0 Å². The van der Waals surface area contributed by atoms with Crippen LogP contribution in [0.3, 0.4) is 0 Å². The molecular formula is C31H41F2N. The van der Waals surface area contributed by atoms with Gasteiger partial charge in [-0.25, -0.2) is 8.78 Å². The number of nitrogens with zero attached hydrogens (tertiary/aromatic N) is 1. The van der Waals surface area contributed by atoms with Crippen LogP contribution in [0.15, 0.2) is 36.4 Å². The van der Waals surface area contributed by atoms with Crippen molar-refractivity contribution in [2.75, 3.05) is 0 Å². The Bertz CT molecular complexity index is 881. The fourth-order valence-electron chi connectivity index (χ4n) is 5.46. The molecule has 0 unspecified atom stereocenters. The van der Waals surface area contributed by atoms with Crippen molar-refractivity contribution in [2.24, 2.45) is 11.8 Å². The van der Waals surface area contributed by atoms with Crippen LogP contribution in [0.1, 0.15) is 108 Å². The van der Waals surface area contributed by atoms with E-state index < -0.39 is 17.2 Å². The Labute approximate surface area is 205 Å². The molecule has 3 heteroatoms. The summed E-state index contributed by atoms with van der Waals surface area (Å²) in [6, 6.07) is 12.0. The van der Waals surface area contributed by atoms with E-state index in [0.717, 1.165) is 23.8 Å². The Morgan fingerprint density at radius 3 is 1.82 bits per heavy atom. The van der Waals surface area contributed by atoms with E-state index in [2.05, 4.69) is 19.1 Å². The van der Waals surface area contributed by atoms with E-state index in [1.54, 1.807) is 6.07 Å². The lowest BCUT2D eigenvalue weighted by atomic mass is 9.77. The van der Waals surface area contributed by atoms with E-state index in [4.69, 9.17) is 5.26 Å². The van der Waals surface area contributed by atoms with Crippen molar-refractivity contribution in [1.29, 1.82) is 5.26 Å². The van der Waals surface area contributed by atoms with Gasteiger partial charge in [0.05, 0.1) is 0 Å². The Morgan fingerprint density at radius 2 is 1.26 bits per heavy atom. The molecule has 2 aromatic carbocycles. The molecule has 0 spiro atoms. The van der Waals surface area contributed by atoms with Crippen LogP contribution in [-0.4, -0.2) is 0 Å². The monoisotopic (exact) mass is 465 g/mol. The second kappa shape index (κ2) is 14.2. The molecule has 0 heterocycles. The van der Waals surface area contributed by atoms with Gasteiger partial charge < -0.3 is 0 Å². The molecule has 3 rings (SSSR count). The van der Waals surface area contributed by atoms with Crippen LogP contribution < -0.4 is 0 Å². The number of rotatable bonds is 13. The van der Waals surface area contributed by atoms with Gasteiger partial charge in [-0.1, -0.05) is 115 Å². The highest BCUT2D eigenvalue weighted by molar-refractivity contribution is 5.65. The zero-order chi connectivity index (χ0) is 24.2. The van der Waals surface area contributed by atoms with Gasteiger partial charge in [0.1, 0.15) is 23.3 Å². The lowest BCUT2D eigenvalue weighted by Gasteiger charge is -2.28. The molecule has 1 fully saturated rings. The zero-order valence-corrected chi connectivity index (χ0v) is 20.9. The standard InChI is InChI=1S/C31H41F2N/c1-2-3-4-5-6-7-8-9-10-24-11-13-25(14-12-24)15-16-26-17-19-27(20-18-26)28-21-30(32)29(23-34)31(33)22-28/h17-22,24-25H,2-16H2,1H3/t24-,25-. The van der Waals surface area contributed by atoms with Crippen LogP contribution in [-0.2, 0) is 6.42 Å². The van der Waals surface area contributed by atoms with Crippen molar-refractivity contribution in [3.63, 3.8) is 0 Å². The van der Waals surface area contributed by atoms with E-state index in [1.807, 2.05) is 12.1 Å². The molecule has 0 bridgehead atoms. The summed E-state index contributed by atoms with van der Waals surface area (Å²) >= 11 is 0. The van der Waals surface area contributed by atoms with E-state index in [-0.39, 0.29) is 0 Å². The highest BCUT2D eigenvalue weighted by Crippen LogP contribution is 2.34. The number of halogens is 2. The first-order valence-corrected chi connectivity index (χ1v) is 13.6. The molecule has 1 nitrogen and oxygen atoms in total. The molecule has 0 aliphatic heterocycles. The number of nitriles is 1. The summed E-state index contributed by atoms with van der Waals surface area (Å²) in [6.07, 6.45) is 20.5. The first-order valence-electron chi connectivity index (χ1n) is 13.6. The maximum atomic E-state index is 13.9. The highest BCUT2D eigenvalue weighted by Gasteiger charge is 2.20.